The molecule has 0 aromatic heterocycles. The third-order valence-electron chi connectivity index (χ3n) is 5.52. The van der Waals surface area contributed by atoms with E-state index in [0.29, 0.717) is 22.0 Å². The molecule has 2 aromatic rings. The van der Waals surface area contributed by atoms with Crippen LogP contribution in [0.1, 0.15) is 28.8 Å². The summed E-state index contributed by atoms with van der Waals surface area (Å²) in [6.45, 7) is 0. The summed E-state index contributed by atoms with van der Waals surface area (Å²) in [5, 5.41) is 4.70. The molecule has 2 heterocycles. The topological polar surface area (TPSA) is 32.3 Å². The van der Waals surface area contributed by atoms with Crippen molar-refractivity contribution in [3.63, 3.8) is 0 Å². The molecule has 1 unspecified atom stereocenters. The second kappa shape index (κ2) is 7.25. The number of carbonyl (C=O) groups is 1. The van der Waals surface area contributed by atoms with Crippen molar-refractivity contribution >= 4 is 34.6 Å². The van der Waals surface area contributed by atoms with Crippen molar-refractivity contribution in [3.05, 3.63) is 111 Å². The van der Waals surface area contributed by atoms with Crippen molar-refractivity contribution in [2.24, 2.45) is 0 Å². The van der Waals surface area contributed by atoms with E-state index in [0.717, 1.165) is 28.7 Å². The molecule has 2 aromatic carbocycles. The van der Waals surface area contributed by atoms with Gasteiger partial charge in [0.15, 0.2) is 5.78 Å². The highest BCUT2D eigenvalue weighted by Gasteiger charge is 2.32. The molecule has 5 heteroatoms. The van der Waals surface area contributed by atoms with Gasteiger partial charge in [-0.1, -0.05) is 35.3 Å². The lowest BCUT2D eigenvalue weighted by molar-refractivity contribution is 0.103. The highest BCUT2D eigenvalue weighted by molar-refractivity contribution is 6.31. The molecule has 5 rings (SSSR count). The van der Waals surface area contributed by atoms with Gasteiger partial charge in [0.1, 0.15) is 6.17 Å². The average molecular weight is 421 g/mol. The Labute approximate surface area is 179 Å². The summed E-state index contributed by atoms with van der Waals surface area (Å²) in [4.78, 5) is 15.3. The third-order valence-corrected chi connectivity index (χ3v) is 6.01. The molecule has 0 amide bonds. The van der Waals surface area contributed by atoms with Crippen molar-refractivity contribution in [1.29, 1.82) is 0 Å². The first-order valence-corrected chi connectivity index (χ1v) is 10.3. The Morgan fingerprint density at radius 1 is 1.03 bits per heavy atom. The van der Waals surface area contributed by atoms with E-state index in [1.807, 2.05) is 30.5 Å². The average Bonchev–Trinajstić information content (AvgIpc) is 3.22. The van der Waals surface area contributed by atoms with E-state index in [9.17, 15) is 4.79 Å². The quantitative estimate of drug-likeness (QED) is 0.622. The van der Waals surface area contributed by atoms with E-state index in [1.54, 1.807) is 24.3 Å². The minimum absolute atomic E-state index is 0.0517. The van der Waals surface area contributed by atoms with Crippen molar-refractivity contribution < 1.29 is 4.79 Å². The molecule has 0 saturated carbocycles. The number of hydrogen-bond donors (Lipinski definition) is 1. The summed E-state index contributed by atoms with van der Waals surface area (Å²) >= 11 is 12.2. The Bertz CT molecular complexity index is 1130. The normalized spacial score (nSPS) is 19.9. The van der Waals surface area contributed by atoms with Gasteiger partial charge in [-0.05, 0) is 72.5 Å². The number of hydrogen-bond acceptors (Lipinski definition) is 3. The summed E-state index contributed by atoms with van der Waals surface area (Å²) in [6, 6.07) is 14.9. The van der Waals surface area contributed by atoms with Crippen LogP contribution in [0.2, 0.25) is 10.0 Å². The smallest absolute Gasteiger partial charge is 0.189 e. The van der Waals surface area contributed by atoms with Crippen molar-refractivity contribution in [2.45, 2.75) is 19.0 Å². The Morgan fingerprint density at radius 2 is 1.86 bits per heavy atom. The lowest BCUT2D eigenvalue weighted by Gasteiger charge is -2.36. The number of nitrogens with one attached hydrogen (secondary N) is 1. The number of carbonyl (C=O) groups excluding carboxylic acids is 1. The Morgan fingerprint density at radius 3 is 2.66 bits per heavy atom. The predicted molar refractivity (Wildman–Crippen MR) is 117 cm³/mol. The number of halogens is 2. The zero-order valence-electron chi connectivity index (χ0n) is 15.5. The van der Waals surface area contributed by atoms with Crippen LogP contribution in [0, 0.1) is 0 Å². The van der Waals surface area contributed by atoms with Gasteiger partial charge >= 0.3 is 0 Å². The fraction of sp³-hybridized carbons (Fsp3) is 0.125. The summed E-state index contributed by atoms with van der Waals surface area (Å²) in [5.74, 6) is 0.0517. The molecule has 0 saturated heterocycles. The summed E-state index contributed by atoms with van der Waals surface area (Å²) in [6.07, 6.45) is 9.86. The maximum Gasteiger partial charge on any atom is 0.189 e. The van der Waals surface area contributed by atoms with Crippen molar-refractivity contribution in [2.75, 3.05) is 0 Å². The maximum atomic E-state index is 13.1. The fourth-order valence-corrected chi connectivity index (χ4v) is 4.44. The van der Waals surface area contributed by atoms with Crippen LogP contribution < -0.4 is 5.32 Å². The number of rotatable bonds is 3. The van der Waals surface area contributed by atoms with Crippen LogP contribution in [-0.2, 0) is 0 Å². The number of Topliss-reactive ketones (excluding diaryl/α,β-unsaturated/α-hetero) is 1. The lowest BCUT2D eigenvalue weighted by Crippen LogP contribution is -2.37. The molecule has 0 radical (unpaired) electrons. The van der Waals surface area contributed by atoms with Crippen molar-refractivity contribution in [1.82, 2.24) is 10.2 Å². The standard InChI is InChI=1S/C24H18Cl2N2O/c25-18-7-4-15(5-8-18)24(29)17-6-9-22-21(13-17)20(14-23-27-10-11-28(22)23)16-2-1-3-19(26)12-16/h1-5,7-8,10-14,23,27H,6,9H2. The highest BCUT2D eigenvalue weighted by Crippen LogP contribution is 2.41. The number of ketones is 1. The van der Waals surface area contributed by atoms with Gasteiger partial charge < -0.3 is 10.2 Å². The Balaban J connectivity index is 1.58. The highest BCUT2D eigenvalue weighted by atomic mass is 35.5. The molecular weight excluding hydrogens is 403 g/mol. The lowest BCUT2D eigenvalue weighted by atomic mass is 9.83. The first-order chi connectivity index (χ1) is 14.1. The molecule has 144 valence electrons. The molecule has 1 aliphatic carbocycles. The van der Waals surface area contributed by atoms with Crippen LogP contribution in [-0.4, -0.2) is 16.8 Å². The number of fused-ring (bicyclic) bond motifs is 2. The molecule has 0 spiro atoms. The van der Waals surface area contributed by atoms with Crippen molar-refractivity contribution in [3.8, 4) is 0 Å². The van der Waals surface area contributed by atoms with E-state index >= 15 is 0 Å². The van der Waals surface area contributed by atoms with Gasteiger partial charge in [-0.25, -0.2) is 0 Å². The van der Waals surface area contributed by atoms with E-state index in [1.165, 1.54) is 5.70 Å². The molecule has 0 bridgehead atoms. The number of nitrogens with zero attached hydrogens (tertiary/aromatic N) is 1. The molecule has 29 heavy (non-hydrogen) atoms. The van der Waals surface area contributed by atoms with Gasteiger partial charge in [0.2, 0.25) is 0 Å². The summed E-state index contributed by atoms with van der Waals surface area (Å²) in [5.41, 5.74) is 5.93. The molecule has 1 N–H and O–H groups in total. The molecule has 1 atom stereocenters. The van der Waals surface area contributed by atoms with Gasteiger partial charge in [-0.15, -0.1) is 0 Å². The largest absolute Gasteiger partial charge is 0.366 e. The fourth-order valence-electron chi connectivity index (χ4n) is 4.12. The van der Waals surface area contributed by atoms with Gasteiger partial charge in [-0.3, -0.25) is 4.79 Å². The first-order valence-electron chi connectivity index (χ1n) is 9.53. The number of benzene rings is 2. The van der Waals surface area contributed by atoms with Crippen LogP contribution in [0.25, 0.3) is 5.57 Å². The first kappa shape index (κ1) is 18.3. The molecule has 3 nitrogen and oxygen atoms in total. The summed E-state index contributed by atoms with van der Waals surface area (Å²) in [7, 11) is 0. The second-order valence-corrected chi connectivity index (χ2v) is 8.16. The maximum absolute atomic E-state index is 13.1. The Hall–Kier alpha value is -2.75. The van der Waals surface area contributed by atoms with Gasteiger partial charge in [0, 0.05) is 44.9 Å². The minimum atomic E-state index is 0.0517. The zero-order chi connectivity index (χ0) is 20.0. The van der Waals surface area contributed by atoms with Crippen LogP contribution >= 0.6 is 23.2 Å². The zero-order valence-corrected chi connectivity index (χ0v) is 17.0. The second-order valence-electron chi connectivity index (χ2n) is 7.29. The summed E-state index contributed by atoms with van der Waals surface area (Å²) < 4.78 is 0. The molecule has 2 aliphatic heterocycles. The van der Waals surface area contributed by atoms with Gasteiger partial charge in [0.05, 0.1) is 0 Å². The predicted octanol–water partition coefficient (Wildman–Crippen LogP) is 5.95. The van der Waals surface area contributed by atoms with Crippen LogP contribution in [0.5, 0.6) is 0 Å². The monoisotopic (exact) mass is 420 g/mol. The van der Waals surface area contributed by atoms with E-state index in [4.69, 9.17) is 23.2 Å². The molecule has 3 aliphatic rings. The number of allylic oxidation sites excluding steroid dienone is 5. The van der Waals surface area contributed by atoms with Gasteiger partial charge in [-0.2, -0.15) is 0 Å². The SMILES string of the molecule is O=C(C1=CC2=C(CC1)N1C=CNC1C=C2c1cccc(Cl)c1)c1ccc(Cl)cc1. The van der Waals surface area contributed by atoms with Crippen LogP contribution in [0.4, 0.5) is 0 Å². The molecular formula is C24H18Cl2N2O. The van der Waals surface area contributed by atoms with E-state index < -0.39 is 0 Å². The Kier molecular flexibility index (Phi) is 4.57. The van der Waals surface area contributed by atoms with E-state index in [-0.39, 0.29) is 11.9 Å². The molecule has 0 fully saturated rings. The van der Waals surface area contributed by atoms with Gasteiger partial charge in [0.25, 0.3) is 0 Å². The van der Waals surface area contributed by atoms with Crippen LogP contribution in [0.15, 0.2) is 89.9 Å². The minimum Gasteiger partial charge on any atom is -0.366 e. The third kappa shape index (κ3) is 3.31. The van der Waals surface area contributed by atoms with E-state index in [2.05, 4.69) is 28.6 Å². The van der Waals surface area contributed by atoms with Crippen LogP contribution in [0.3, 0.4) is 0 Å².